The fraction of sp³-hybridized carbons (Fsp3) is 0.667. The number of hydrogen-bond donors (Lipinski definition) is 0. The molecule has 0 aliphatic heterocycles. The van der Waals surface area contributed by atoms with Crippen molar-refractivity contribution in [2.75, 3.05) is 6.61 Å². The highest BCUT2D eigenvalue weighted by Gasteiger charge is 2.07. The summed E-state index contributed by atoms with van der Waals surface area (Å²) in [5, 5.41) is 0. The Morgan fingerprint density at radius 1 is 1.23 bits per heavy atom. The Labute approximate surface area is 82.5 Å². The van der Waals surface area contributed by atoms with E-state index in [1.165, 1.54) is 16.9 Å². The van der Waals surface area contributed by atoms with Gasteiger partial charge in [0.05, 0.1) is 12.4 Å². The van der Waals surface area contributed by atoms with E-state index in [-0.39, 0.29) is 0 Å². The topological polar surface area (TPSA) is 9.23 Å². The molecule has 0 aromatic carbocycles. The molecule has 0 amide bonds. The van der Waals surface area contributed by atoms with E-state index in [1.807, 2.05) is 20.8 Å². The lowest BCUT2D eigenvalue weighted by Crippen LogP contribution is -1.99. The third kappa shape index (κ3) is 4.16. The number of ether oxygens (including phenoxy) is 1. The van der Waals surface area contributed by atoms with Gasteiger partial charge in [-0.15, -0.1) is 0 Å². The molecule has 0 bridgehead atoms. The lowest BCUT2D eigenvalue weighted by Gasteiger charge is -2.16. The maximum atomic E-state index is 5.48. The van der Waals surface area contributed by atoms with Crippen LogP contribution in [0, 0.1) is 0 Å². The Bertz CT molecular complexity index is 195. The average Bonchev–Trinajstić information content (AvgIpc) is 2.14. The van der Waals surface area contributed by atoms with Crippen LogP contribution in [-0.2, 0) is 4.74 Å². The first-order valence-corrected chi connectivity index (χ1v) is 5.23. The normalized spacial score (nSPS) is 15.9. The molecule has 1 nitrogen and oxygen atoms in total. The maximum absolute atomic E-state index is 5.48. The molecule has 0 saturated carbocycles. The number of hydrogen-bond acceptors (Lipinski definition) is 1. The van der Waals surface area contributed by atoms with E-state index in [9.17, 15) is 0 Å². The van der Waals surface area contributed by atoms with Crippen molar-refractivity contribution in [1.29, 1.82) is 0 Å². The Balaban J connectivity index is 0.000000671. The summed E-state index contributed by atoms with van der Waals surface area (Å²) in [6, 6.07) is 0. The highest BCUT2D eigenvalue weighted by Crippen LogP contribution is 2.23. The molecule has 0 radical (unpaired) electrons. The van der Waals surface area contributed by atoms with Crippen LogP contribution in [-0.4, -0.2) is 6.61 Å². The van der Waals surface area contributed by atoms with Crippen LogP contribution < -0.4 is 0 Å². The Morgan fingerprint density at radius 2 is 1.85 bits per heavy atom. The molecular formula is C12H22O. The van der Waals surface area contributed by atoms with Gasteiger partial charge in [0.25, 0.3) is 0 Å². The molecule has 0 N–H and O–H groups in total. The van der Waals surface area contributed by atoms with Crippen LogP contribution in [0.25, 0.3) is 0 Å². The van der Waals surface area contributed by atoms with Crippen molar-refractivity contribution in [3.8, 4) is 0 Å². The van der Waals surface area contributed by atoms with Crippen molar-refractivity contribution < 1.29 is 4.74 Å². The fourth-order valence-electron chi connectivity index (χ4n) is 1.39. The van der Waals surface area contributed by atoms with E-state index in [2.05, 4.69) is 19.9 Å². The van der Waals surface area contributed by atoms with Crippen molar-refractivity contribution in [2.24, 2.45) is 0 Å². The van der Waals surface area contributed by atoms with Crippen LogP contribution in [0.1, 0.15) is 47.5 Å². The molecule has 0 heterocycles. The van der Waals surface area contributed by atoms with Crippen molar-refractivity contribution in [2.45, 2.75) is 47.5 Å². The number of rotatable bonds is 2. The molecule has 0 atom stereocenters. The highest BCUT2D eigenvalue weighted by atomic mass is 16.5. The third-order valence-electron chi connectivity index (χ3n) is 1.97. The maximum Gasteiger partial charge on any atom is 0.0991 e. The summed E-state index contributed by atoms with van der Waals surface area (Å²) in [5.41, 5.74) is 2.77. The Morgan fingerprint density at radius 3 is 2.31 bits per heavy atom. The molecule has 1 rings (SSSR count). The molecule has 0 unspecified atom stereocenters. The molecule has 0 spiro atoms. The first-order valence-electron chi connectivity index (χ1n) is 5.23. The van der Waals surface area contributed by atoms with Crippen molar-refractivity contribution in [3.63, 3.8) is 0 Å². The lowest BCUT2D eigenvalue weighted by molar-refractivity contribution is 0.214. The van der Waals surface area contributed by atoms with Crippen LogP contribution in [0.5, 0.6) is 0 Å². The first-order chi connectivity index (χ1) is 6.24. The minimum Gasteiger partial charge on any atom is -0.498 e. The smallest absolute Gasteiger partial charge is 0.0991 e. The van der Waals surface area contributed by atoms with E-state index in [4.69, 9.17) is 4.74 Å². The molecule has 1 heteroatoms. The van der Waals surface area contributed by atoms with Crippen LogP contribution in [0.4, 0.5) is 0 Å². The van der Waals surface area contributed by atoms with Gasteiger partial charge in [0.2, 0.25) is 0 Å². The minimum absolute atomic E-state index is 0.791. The fourth-order valence-corrected chi connectivity index (χ4v) is 1.39. The zero-order valence-electron chi connectivity index (χ0n) is 9.61. The van der Waals surface area contributed by atoms with Gasteiger partial charge in [0.1, 0.15) is 0 Å². The second kappa shape index (κ2) is 6.76. The van der Waals surface area contributed by atoms with Gasteiger partial charge in [-0.2, -0.15) is 0 Å². The van der Waals surface area contributed by atoms with Gasteiger partial charge in [0, 0.05) is 6.42 Å². The summed E-state index contributed by atoms with van der Waals surface area (Å²) in [6.07, 6.45) is 4.46. The highest BCUT2D eigenvalue weighted by molar-refractivity contribution is 5.28. The predicted molar refractivity (Wildman–Crippen MR) is 58.7 cm³/mol. The summed E-state index contributed by atoms with van der Waals surface area (Å²) in [6.45, 7) is 11.1. The zero-order chi connectivity index (χ0) is 10.3. The van der Waals surface area contributed by atoms with Crippen LogP contribution in [0.15, 0.2) is 23.0 Å². The molecule has 1 aliphatic carbocycles. The van der Waals surface area contributed by atoms with Gasteiger partial charge in [-0.1, -0.05) is 25.5 Å². The molecule has 0 aromatic rings. The minimum atomic E-state index is 0.791. The quantitative estimate of drug-likeness (QED) is 0.625. The van der Waals surface area contributed by atoms with Crippen molar-refractivity contribution in [3.05, 3.63) is 23.0 Å². The van der Waals surface area contributed by atoms with Gasteiger partial charge in [-0.05, 0) is 32.8 Å². The molecule has 1 aliphatic rings. The molecule has 13 heavy (non-hydrogen) atoms. The van der Waals surface area contributed by atoms with Gasteiger partial charge in [0.15, 0.2) is 0 Å². The Hall–Kier alpha value is -0.720. The third-order valence-corrected chi connectivity index (χ3v) is 1.97. The second-order valence-electron chi connectivity index (χ2n) is 3.03. The van der Waals surface area contributed by atoms with E-state index in [0.717, 1.165) is 19.4 Å². The van der Waals surface area contributed by atoms with E-state index in [0.29, 0.717) is 0 Å². The molecule has 76 valence electrons. The first kappa shape index (κ1) is 12.3. The summed E-state index contributed by atoms with van der Waals surface area (Å²) in [5.74, 6) is 1.18. The Kier molecular flexibility index (Phi) is 6.38. The zero-order valence-corrected chi connectivity index (χ0v) is 9.61. The van der Waals surface area contributed by atoms with Crippen LogP contribution >= 0.6 is 0 Å². The summed E-state index contributed by atoms with van der Waals surface area (Å²) < 4.78 is 5.48. The number of allylic oxidation sites excluding steroid dienone is 4. The van der Waals surface area contributed by atoms with Crippen molar-refractivity contribution in [1.82, 2.24) is 0 Å². The SMILES string of the molecule is CC.CCOC1=C(C)C=C(C)CC1. The average molecular weight is 182 g/mol. The standard InChI is InChI=1S/C10H16O.C2H6/c1-4-11-10-6-5-8(2)7-9(10)3;1-2/h7H,4-6H2,1-3H3;1-2H3. The van der Waals surface area contributed by atoms with E-state index >= 15 is 0 Å². The van der Waals surface area contributed by atoms with Crippen LogP contribution in [0.3, 0.4) is 0 Å². The lowest BCUT2D eigenvalue weighted by atomic mass is 10.0. The van der Waals surface area contributed by atoms with Gasteiger partial charge in [-0.3, -0.25) is 0 Å². The van der Waals surface area contributed by atoms with Crippen molar-refractivity contribution >= 4 is 0 Å². The monoisotopic (exact) mass is 182 g/mol. The van der Waals surface area contributed by atoms with Crippen LogP contribution in [0.2, 0.25) is 0 Å². The summed E-state index contributed by atoms with van der Waals surface area (Å²) in [4.78, 5) is 0. The molecular weight excluding hydrogens is 160 g/mol. The molecule has 0 saturated heterocycles. The summed E-state index contributed by atoms with van der Waals surface area (Å²) >= 11 is 0. The van der Waals surface area contributed by atoms with Gasteiger partial charge >= 0.3 is 0 Å². The van der Waals surface area contributed by atoms with E-state index in [1.54, 1.807) is 0 Å². The predicted octanol–water partition coefficient (Wildman–Crippen LogP) is 4.06. The van der Waals surface area contributed by atoms with Gasteiger partial charge in [-0.25, -0.2) is 0 Å². The molecule has 0 aromatic heterocycles. The molecule has 0 fully saturated rings. The van der Waals surface area contributed by atoms with E-state index < -0.39 is 0 Å². The largest absolute Gasteiger partial charge is 0.498 e. The summed E-state index contributed by atoms with van der Waals surface area (Å²) in [7, 11) is 0. The second-order valence-corrected chi connectivity index (χ2v) is 3.03. The van der Waals surface area contributed by atoms with Gasteiger partial charge < -0.3 is 4.74 Å².